The molecular weight excluding hydrogens is 301 g/mol. The summed E-state index contributed by atoms with van der Waals surface area (Å²) in [5, 5.41) is 2.98. The molecule has 3 heteroatoms. The fourth-order valence-corrected chi connectivity index (χ4v) is 2.18. The number of rotatable bonds is 1. The highest BCUT2D eigenvalue weighted by atomic mass is 19.1. The maximum Gasteiger partial charge on any atom is 0.247 e. The minimum atomic E-state index is -0.301. The molecule has 0 saturated carbocycles. The van der Waals surface area contributed by atoms with Crippen LogP contribution in [0, 0.1) is 17.7 Å². The van der Waals surface area contributed by atoms with Crippen molar-refractivity contribution >= 4 is 5.91 Å². The number of allylic oxidation sites excluding steroid dienone is 5. The van der Waals surface area contributed by atoms with Crippen LogP contribution in [0.3, 0.4) is 0 Å². The van der Waals surface area contributed by atoms with E-state index in [1.165, 1.54) is 12.1 Å². The number of carbonyl (C=O) groups is 1. The standard InChI is InChI=1S/C21H22FNO/c1-21(2,3)23-20(24)18-9-5-4-7-16(13-14-18)11-12-17-8-6-10-19(22)15-17/h4,6-8,10,13-15H,5,9H2,1-3H3,(H,23,24). The second-order valence-electron chi connectivity index (χ2n) is 6.72. The molecule has 2 rings (SSSR count). The Morgan fingerprint density at radius 1 is 1.21 bits per heavy atom. The Hall–Kier alpha value is -2.60. The number of hydrogen-bond acceptors (Lipinski definition) is 1. The van der Waals surface area contributed by atoms with Crippen LogP contribution in [-0.2, 0) is 4.79 Å². The quantitative estimate of drug-likeness (QED) is 0.767. The van der Waals surface area contributed by atoms with Crippen molar-refractivity contribution < 1.29 is 9.18 Å². The molecule has 0 radical (unpaired) electrons. The third-order valence-corrected chi connectivity index (χ3v) is 3.30. The molecule has 0 unspecified atom stereocenters. The first-order chi connectivity index (χ1) is 11.3. The Kier molecular flexibility index (Phi) is 5.76. The molecule has 0 spiro atoms. The van der Waals surface area contributed by atoms with Gasteiger partial charge in [-0.2, -0.15) is 0 Å². The fourth-order valence-electron chi connectivity index (χ4n) is 2.18. The Bertz CT molecular complexity index is 767. The average molecular weight is 323 g/mol. The van der Waals surface area contributed by atoms with Gasteiger partial charge in [-0.15, -0.1) is 0 Å². The molecule has 1 aliphatic rings. The Labute approximate surface area is 143 Å². The van der Waals surface area contributed by atoms with Crippen molar-refractivity contribution in [2.45, 2.75) is 39.2 Å². The van der Waals surface area contributed by atoms with E-state index in [2.05, 4.69) is 17.2 Å². The summed E-state index contributed by atoms with van der Waals surface area (Å²) in [6, 6.07) is 6.19. The number of amides is 1. The molecular formula is C21H22FNO. The highest BCUT2D eigenvalue weighted by Gasteiger charge is 2.16. The molecule has 0 aromatic heterocycles. The molecule has 2 nitrogen and oxygen atoms in total. The van der Waals surface area contributed by atoms with Crippen molar-refractivity contribution in [2.24, 2.45) is 0 Å². The maximum atomic E-state index is 13.2. The summed E-state index contributed by atoms with van der Waals surface area (Å²) in [5.41, 5.74) is 1.89. The van der Waals surface area contributed by atoms with Crippen LogP contribution in [0.2, 0.25) is 0 Å². The van der Waals surface area contributed by atoms with Crippen molar-refractivity contribution in [2.75, 3.05) is 0 Å². The third kappa shape index (κ3) is 5.89. The Morgan fingerprint density at radius 3 is 2.71 bits per heavy atom. The van der Waals surface area contributed by atoms with Gasteiger partial charge < -0.3 is 5.32 Å². The second kappa shape index (κ2) is 7.79. The SMILES string of the molecule is CC(C)(C)NC(=O)C1=CC=C(C#Cc2cccc(F)c2)C=CCC1. The summed E-state index contributed by atoms with van der Waals surface area (Å²) in [7, 11) is 0. The maximum absolute atomic E-state index is 13.2. The summed E-state index contributed by atoms with van der Waals surface area (Å²) < 4.78 is 13.2. The first-order valence-electron chi connectivity index (χ1n) is 8.01. The fraction of sp³-hybridized carbons (Fsp3) is 0.286. The monoisotopic (exact) mass is 323 g/mol. The van der Waals surface area contributed by atoms with E-state index in [1.807, 2.05) is 45.1 Å². The molecule has 1 amide bonds. The molecule has 1 aliphatic carbocycles. The van der Waals surface area contributed by atoms with Crippen LogP contribution >= 0.6 is 0 Å². The summed E-state index contributed by atoms with van der Waals surface area (Å²) in [6.45, 7) is 5.88. The zero-order chi connectivity index (χ0) is 17.6. The minimum Gasteiger partial charge on any atom is -0.348 e. The van der Waals surface area contributed by atoms with Gasteiger partial charge in [-0.25, -0.2) is 4.39 Å². The third-order valence-electron chi connectivity index (χ3n) is 3.30. The van der Waals surface area contributed by atoms with E-state index in [0.29, 0.717) is 12.0 Å². The number of halogens is 1. The first kappa shape index (κ1) is 17.7. The number of nitrogens with one attached hydrogen (secondary N) is 1. The van der Waals surface area contributed by atoms with E-state index < -0.39 is 0 Å². The van der Waals surface area contributed by atoms with Crippen LogP contribution in [0.1, 0.15) is 39.2 Å². The van der Waals surface area contributed by atoms with Crippen LogP contribution in [0.4, 0.5) is 4.39 Å². The number of carbonyl (C=O) groups excluding carboxylic acids is 1. The lowest BCUT2D eigenvalue weighted by Gasteiger charge is -2.21. The first-order valence-corrected chi connectivity index (χ1v) is 8.01. The van der Waals surface area contributed by atoms with E-state index in [1.54, 1.807) is 12.1 Å². The highest BCUT2D eigenvalue weighted by molar-refractivity contribution is 5.94. The van der Waals surface area contributed by atoms with Crippen LogP contribution in [0.5, 0.6) is 0 Å². The van der Waals surface area contributed by atoms with Crippen LogP contribution in [0.15, 0.2) is 59.7 Å². The van der Waals surface area contributed by atoms with Crippen LogP contribution in [0.25, 0.3) is 0 Å². The van der Waals surface area contributed by atoms with Gasteiger partial charge in [0, 0.05) is 22.2 Å². The van der Waals surface area contributed by atoms with Gasteiger partial charge in [-0.05, 0) is 57.9 Å². The predicted octanol–water partition coefficient (Wildman–Crippen LogP) is 4.29. The van der Waals surface area contributed by atoms with Gasteiger partial charge in [0.15, 0.2) is 0 Å². The topological polar surface area (TPSA) is 29.1 Å². The molecule has 0 fully saturated rings. The van der Waals surface area contributed by atoms with Gasteiger partial charge >= 0.3 is 0 Å². The van der Waals surface area contributed by atoms with E-state index in [9.17, 15) is 9.18 Å². The zero-order valence-corrected chi connectivity index (χ0v) is 14.3. The summed E-state index contributed by atoms with van der Waals surface area (Å²) in [4.78, 5) is 12.3. The summed E-state index contributed by atoms with van der Waals surface area (Å²) in [6.07, 6.45) is 9.06. The van der Waals surface area contributed by atoms with E-state index in [4.69, 9.17) is 0 Å². The molecule has 1 aromatic rings. The van der Waals surface area contributed by atoms with Crippen LogP contribution in [-0.4, -0.2) is 11.4 Å². The van der Waals surface area contributed by atoms with E-state index in [0.717, 1.165) is 17.6 Å². The van der Waals surface area contributed by atoms with Crippen molar-refractivity contribution in [3.63, 3.8) is 0 Å². The van der Waals surface area contributed by atoms with Crippen molar-refractivity contribution in [3.05, 3.63) is 71.1 Å². The number of hydrogen-bond donors (Lipinski definition) is 1. The van der Waals surface area contributed by atoms with Gasteiger partial charge in [-0.1, -0.05) is 36.1 Å². The van der Waals surface area contributed by atoms with Gasteiger partial charge in [0.25, 0.3) is 0 Å². The lowest BCUT2D eigenvalue weighted by Crippen LogP contribution is -2.41. The minimum absolute atomic E-state index is 0.0495. The molecule has 0 aliphatic heterocycles. The molecule has 0 saturated heterocycles. The Balaban J connectivity index is 2.20. The van der Waals surface area contributed by atoms with Crippen LogP contribution < -0.4 is 5.32 Å². The second-order valence-corrected chi connectivity index (χ2v) is 6.72. The highest BCUT2D eigenvalue weighted by Crippen LogP contribution is 2.14. The summed E-state index contributed by atoms with van der Waals surface area (Å²) >= 11 is 0. The smallest absolute Gasteiger partial charge is 0.247 e. The van der Waals surface area contributed by atoms with Gasteiger partial charge in [0.1, 0.15) is 5.82 Å². The van der Waals surface area contributed by atoms with E-state index >= 15 is 0 Å². The molecule has 124 valence electrons. The van der Waals surface area contributed by atoms with E-state index in [-0.39, 0.29) is 17.3 Å². The largest absolute Gasteiger partial charge is 0.348 e. The molecule has 0 atom stereocenters. The molecule has 0 heterocycles. The van der Waals surface area contributed by atoms with Crippen molar-refractivity contribution in [3.8, 4) is 11.8 Å². The lowest BCUT2D eigenvalue weighted by molar-refractivity contribution is -0.119. The van der Waals surface area contributed by atoms with Gasteiger partial charge in [0.05, 0.1) is 0 Å². The molecule has 0 bridgehead atoms. The zero-order valence-electron chi connectivity index (χ0n) is 14.3. The molecule has 24 heavy (non-hydrogen) atoms. The number of benzene rings is 1. The lowest BCUT2D eigenvalue weighted by atomic mass is 10.0. The molecule has 1 aromatic carbocycles. The Morgan fingerprint density at radius 2 is 2.00 bits per heavy atom. The van der Waals surface area contributed by atoms with Crippen molar-refractivity contribution in [1.29, 1.82) is 0 Å². The van der Waals surface area contributed by atoms with Gasteiger partial charge in [0.2, 0.25) is 5.91 Å². The normalized spacial score (nSPS) is 14.5. The summed E-state index contributed by atoms with van der Waals surface area (Å²) in [5.74, 6) is 5.62. The van der Waals surface area contributed by atoms with Crippen molar-refractivity contribution in [1.82, 2.24) is 5.32 Å². The average Bonchev–Trinajstić information content (AvgIpc) is 2.44. The predicted molar refractivity (Wildman–Crippen MR) is 95.7 cm³/mol. The van der Waals surface area contributed by atoms with Gasteiger partial charge in [-0.3, -0.25) is 4.79 Å². The molecule has 1 N–H and O–H groups in total.